The van der Waals surface area contributed by atoms with Crippen molar-refractivity contribution in [3.63, 3.8) is 0 Å². The van der Waals surface area contributed by atoms with Crippen LogP contribution in [0.1, 0.15) is 23.6 Å². The van der Waals surface area contributed by atoms with Gasteiger partial charge in [-0.3, -0.25) is 19.2 Å². The van der Waals surface area contributed by atoms with Crippen molar-refractivity contribution >= 4 is 58.2 Å². The maximum absolute atomic E-state index is 14.2. The number of hydrogen-bond donors (Lipinski definition) is 0. The maximum atomic E-state index is 14.2. The molecular weight excluding hydrogens is 583 g/mol. The quantitative estimate of drug-likeness (QED) is 0.311. The number of halogens is 2. The second kappa shape index (κ2) is 9.14. The van der Waals surface area contributed by atoms with Crippen LogP contribution in [0.2, 0.25) is 10.0 Å². The lowest BCUT2D eigenvalue weighted by Crippen LogP contribution is -2.50. The molecule has 0 N–H and O–H groups in total. The largest absolute Gasteiger partial charge is 0.468 e. The van der Waals surface area contributed by atoms with Crippen LogP contribution >= 0.6 is 23.2 Å². The minimum Gasteiger partial charge on any atom is -0.468 e. The zero-order valence-corrected chi connectivity index (χ0v) is 23.1. The summed E-state index contributed by atoms with van der Waals surface area (Å²) in [4.78, 5) is 59.0. The van der Waals surface area contributed by atoms with Gasteiger partial charge in [0.15, 0.2) is 0 Å². The third-order valence-electron chi connectivity index (χ3n) is 8.53. The Labute approximate surface area is 248 Å². The van der Waals surface area contributed by atoms with Gasteiger partial charge in [-0.1, -0.05) is 35.3 Å². The van der Waals surface area contributed by atoms with Crippen molar-refractivity contribution in [2.75, 3.05) is 9.80 Å². The molecular formula is C30H20Cl2N4O6. The Morgan fingerprint density at radius 1 is 0.524 bits per heavy atom. The lowest BCUT2D eigenvalue weighted by atomic mass is 9.87. The highest BCUT2D eigenvalue weighted by molar-refractivity contribution is 6.32. The van der Waals surface area contributed by atoms with E-state index in [0.29, 0.717) is 32.9 Å². The van der Waals surface area contributed by atoms with Gasteiger partial charge in [-0.2, -0.15) is 0 Å². The van der Waals surface area contributed by atoms with E-state index in [2.05, 4.69) is 0 Å². The number of nitrogens with zero attached hydrogens (tertiary/aromatic N) is 4. The van der Waals surface area contributed by atoms with Gasteiger partial charge in [0.1, 0.15) is 23.6 Å². The SMILES string of the molecule is O=C1[C@H]2[C@@H](c3ccco3)N3[C@H]4C(=O)N(c5cccc(Cl)c5)C(=O)[C@H]4[C@@H](c4ccco4)N3[C@H]2C(=O)N1c1cccc(Cl)c1. The van der Waals surface area contributed by atoms with Crippen LogP contribution in [0.5, 0.6) is 0 Å². The minimum absolute atomic E-state index is 0.338. The molecule has 4 aromatic rings. The van der Waals surface area contributed by atoms with Crippen LogP contribution in [0, 0.1) is 11.8 Å². The molecule has 0 aliphatic carbocycles. The number of carbonyl (C=O) groups excluding carboxylic acids is 4. The van der Waals surface area contributed by atoms with Gasteiger partial charge >= 0.3 is 0 Å². The smallest absolute Gasteiger partial charge is 0.253 e. The first kappa shape index (κ1) is 25.5. The van der Waals surface area contributed by atoms with E-state index < -0.39 is 59.6 Å². The zero-order valence-electron chi connectivity index (χ0n) is 21.5. The van der Waals surface area contributed by atoms with Crippen molar-refractivity contribution in [2.45, 2.75) is 24.2 Å². The number of hydrazine groups is 1. The molecule has 4 saturated heterocycles. The molecule has 2 aromatic carbocycles. The molecule has 210 valence electrons. The summed E-state index contributed by atoms with van der Waals surface area (Å²) in [6.45, 7) is 0. The van der Waals surface area contributed by atoms with Crippen LogP contribution in [-0.2, 0) is 19.2 Å². The molecule has 4 aliphatic heterocycles. The van der Waals surface area contributed by atoms with E-state index in [1.54, 1.807) is 82.8 Å². The van der Waals surface area contributed by atoms with Crippen molar-refractivity contribution in [1.29, 1.82) is 0 Å². The molecule has 0 spiro atoms. The van der Waals surface area contributed by atoms with E-state index in [1.807, 2.05) is 0 Å². The average Bonchev–Trinajstić information content (AvgIpc) is 3.79. The van der Waals surface area contributed by atoms with E-state index in [0.717, 1.165) is 9.80 Å². The van der Waals surface area contributed by atoms with Gasteiger partial charge < -0.3 is 8.83 Å². The molecule has 8 rings (SSSR count). The summed E-state index contributed by atoms with van der Waals surface area (Å²) in [5, 5.41) is 4.13. The second-order valence-corrected chi connectivity index (χ2v) is 11.5. The number of amides is 4. The summed E-state index contributed by atoms with van der Waals surface area (Å²) >= 11 is 12.4. The first-order chi connectivity index (χ1) is 20.4. The Morgan fingerprint density at radius 3 is 1.31 bits per heavy atom. The van der Waals surface area contributed by atoms with Crippen LogP contribution in [0.15, 0.2) is 94.2 Å². The zero-order chi connectivity index (χ0) is 28.9. The Morgan fingerprint density at radius 2 is 0.952 bits per heavy atom. The number of rotatable bonds is 4. The Balaban J connectivity index is 1.31. The molecule has 4 fully saturated rings. The monoisotopic (exact) mass is 602 g/mol. The highest BCUT2D eigenvalue weighted by Crippen LogP contribution is 2.59. The first-order valence-corrected chi connectivity index (χ1v) is 14.0. The molecule has 0 unspecified atom stereocenters. The molecule has 42 heavy (non-hydrogen) atoms. The molecule has 6 heterocycles. The van der Waals surface area contributed by atoms with Crippen LogP contribution < -0.4 is 9.80 Å². The van der Waals surface area contributed by atoms with E-state index in [1.165, 1.54) is 12.5 Å². The summed E-state index contributed by atoms with van der Waals surface area (Å²) in [5.74, 6) is -3.00. The van der Waals surface area contributed by atoms with Gasteiger partial charge in [0, 0.05) is 10.0 Å². The maximum Gasteiger partial charge on any atom is 0.253 e. The highest BCUT2D eigenvalue weighted by Gasteiger charge is 2.74. The van der Waals surface area contributed by atoms with Crippen LogP contribution in [-0.4, -0.2) is 45.7 Å². The summed E-state index contributed by atoms with van der Waals surface area (Å²) in [7, 11) is 0. The first-order valence-electron chi connectivity index (χ1n) is 13.3. The number of fused-ring (bicyclic) bond motifs is 5. The van der Waals surface area contributed by atoms with E-state index in [9.17, 15) is 19.2 Å². The Kier molecular flexibility index (Phi) is 5.55. The Bertz CT molecular complexity index is 1650. The predicted molar refractivity (Wildman–Crippen MR) is 149 cm³/mol. The van der Waals surface area contributed by atoms with Gasteiger partial charge in [-0.05, 0) is 60.7 Å². The third kappa shape index (κ3) is 3.34. The van der Waals surface area contributed by atoms with E-state index in [4.69, 9.17) is 32.0 Å². The fourth-order valence-electron chi connectivity index (χ4n) is 7.05. The number of carbonyl (C=O) groups is 4. The van der Waals surface area contributed by atoms with Crippen LogP contribution in [0.4, 0.5) is 11.4 Å². The van der Waals surface area contributed by atoms with Crippen LogP contribution in [0.3, 0.4) is 0 Å². The summed E-state index contributed by atoms with van der Waals surface area (Å²) in [6.07, 6.45) is 2.95. The number of benzene rings is 2. The van der Waals surface area contributed by atoms with Crippen molar-refractivity contribution < 1.29 is 28.0 Å². The van der Waals surface area contributed by atoms with Crippen molar-refractivity contribution in [1.82, 2.24) is 10.0 Å². The number of imide groups is 2. The standard InChI is InChI=1S/C30H20Cl2N4O6/c31-15-5-1-7-17(13-15)33-27(37)21-23(19-9-3-11-41-19)36-26-22(24(20-10-4-12-42-20)35(36)25(21)29(33)39)28(38)34(30(26)40)18-8-2-6-16(32)14-18/h1-14,21-26H/t21-,22-,23+,24+,25+,26+/m0/s1. The highest BCUT2D eigenvalue weighted by atomic mass is 35.5. The molecule has 10 nitrogen and oxygen atoms in total. The molecule has 0 radical (unpaired) electrons. The van der Waals surface area contributed by atoms with Gasteiger partial charge in [0.25, 0.3) is 11.8 Å². The minimum atomic E-state index is -1.03. The fraction of sp³-hybridized carbons (Fsp3) is 0.200. The molecule has 4 amide bonds. The van der Waals surface area contributed by atoms with Crippen LogP contribution in [0.25, 0.3) is 0 Å². The Hall–Kier alpha value is -4.22. The summed E-state index contributed by atoms with van der Waals surface area (Å²) in [5.41, 5.74) is 0.676. The lowest BCUT2D eigenvalue weighted by molar-refractivity contribution is -0.136. The van der Waals surface area contributed by atoms with Crippen molar-refractivity contribution in [3.05, 3.63) is 107 Å². The summed E-state index contributed by atoms with van der Waals surface area (Å²) < 4.78 is 11.6. The molecule has 0 saturated carbocycles. The second-order valence-electron chi connectivity index (χ2n) is 10.6. The molecule has 12 heteroatoms. The van der Waals surface area contributed by atoms with E-state index >= 15 is 0 Å². The topological polar surface area (TPSA) is 108 Å². The lowest BCUT2D eigenvalue weighted by Gasteiger charge is -2.34. The van der Waals surface area contributed by atoms with Crippen molar-refractivity contribution in [3.8, 4) is 0 Å². The average molecular weight is 603 g/mol. The fourth-order valence-corrected chi connectivity index (χ4v) is 7.42. The number of anilines is 2. The summed E-state index contributed by atoms with van der Waals surface area (Å²) in [6, 6.07) is 16.0. The molecule has 4 aliphatic rings. The molecule has 0 bridgehead atoms. The van der Waals surface area contributed by atoms with Gasteiger partial charge in [0.05, 0.1) is 47.8 Å². The predicted octanol–water partition coefficient (Wildman–Crippen LogP) is 4.62. The van der Waals surface area contributed by atoms with Gasteiger partial charge in [-0.25, -0.2) is 19.8 Å². The van der Waals surface area contributed by atoms with Gasteiger partial charge in [0.2, 0.25) is 11.8 Å². The van der Waals surface area contributed by atoms with Gasteiger partial charge in [-0.15, -0.1) is 0 Å². The van der Waals surface area contributed by atoms with Crippen molar-refractivity contribution in [2.24, 2.45) is 11.8 Å². The molecule has 2 aromatic heterocycles. The molecule has 6 atom stereocenters. The number of hydrogen-bond acceptors (Lipinski definition) is 8. The number of furan rings is 2. The normalized spacial score (nSPS) is 29.1. The van der Waals surface area contributed by atoms with E-state index in [-0.39, 0.29) is 0 Å². The third-order valence-corrected chi connectivity index (χ3v) is 9.00.